The van der Waals surface area contributed by atoms with E-state index in [-0.39, 0.29) is 28.3 Å². The van der Waals surface area contributed by atoms with Crippen molar-refractivity contribution in [3.63, 3.8) is 0 Å². The van der Waals surface area contributed by atoms with Crippen molar-refractivity contribution in [1.29, 1.82) is 0 Å². The summed E-state index contributed by atoms with van der Waals surface area (Å²) in [5.74, 6) is 3.25. The van der Waals surface area contributed by atoms with Crippen molar-refractivity contribution in [2.24, 2.45) is 51.8 Å². The molecule has 1 aromatic carbocycles. The number of benzene rings is 1. The molecule has 6 aliphatic carbocycles. The van der Waals surface area contributed by atoms with E-state index in [0.29, 0.717) is 30.1 Å². The zero-order valence-electron chi connectivity index (χ0n) is 22.9. The number of methoxy groups -OCH3 is 1. The number of rotatable bonds is 6. The van der Waals surface area contributed by atoms with Crippen LogP contribution in [0.15, 0.2) is 36.1 Å². The number of hydrogen-bond donors (Lipinski definition) is 4. The van der Waals surface area contributed by atoms with Crippen molar-refractivity contribution in [2.45, 2.75) is 83.5 Å². The zero-order valence-corrected chi connectivity index (χ0v) is 22.9. The predicted molar refractivity (Wildman–Crippen MR) is 144 cm³/mol. The highest BCUT2D eigenvalue weighted by molar-refractivity contribution is 5.46. The summed E-state index contributed by atoms with van der Waals surface area (Å²) < 4.78 is 5.86. The summed E-state index contributed by atoms with van der Waals surface area (Å²) >= 11 is 0. The van der Waals surface area contributed by atoms with Crippen LogP contribution in [0, 0.1) is 51.8 Å². The van der Waals surface area contributed by atoms with Gasteiger partial charge in [0, 0.05) is 24.8 Å². The first-order chi connectivity index (χ1) is 17.6. The fourth-order valence-corrected chi connectivity index (χ4v) is 12.0. The number of ether oxygens (including phenoxy) is 1. The lowest BCUT2D eigenvalue weighted by atomic mass is 9.43. The average molecular weight is 508 g/mol. The average Bonchev–Trinajstić information content (AvgIpc) is 3.42. The third kappa shape index (κ3) is 2.77. The molecule has 37 heavy (non-hydrogen) atoms. The Kier molecular flexibility index (Phi) is 5.13. The van der Waals surface area contributed by atoms with Crippen molar-refractivity contribution in [3.8, 4) is 0 Å². The monoisotopic (exact) mass is 507 g/mol. The molecule has 6 bridgehead atoms. The molecule has 0 aliphatic heterocycles. The van der Waals surface area contributed by atoms with E-state index >= 15 is 0 Å². The van der Waals surface area contributed by atoms with Crippen LogP contribution in [0.4, 0.5) is 5.69 Å². The van der Waals surface area contributed by atoms with E-state index < -0.39 is 11.7 Å². The van der Waals surface area contributed by atoms with Gasteiger partial charge in [0.1, 0.15) is 11.7 Å². The van der Waals surface area contributed by atoms with Crippen LogP contribution >= 0.6 is 0 Å². The Morgan fingerprint density at radius 2 is 1.95 bits per heavy atom. The second-order valence-electron chi connectivity index (χ2n) is 14.3. The van der Waals surface area contributed by atoms with E-state index in [9.17, 15) is 15.3 Å². The molecule has 0 amide bonds. The number of anilines is 1. The fraction of sp³-hybridized carbons (Fsp3) is 0.750. The van der Waals surface area contributed by atoms with Gasteiger partial charge in [-0.25, -0.2) is 0 Å². The number of fused-ring (bicyclic) bond motifs is 3. The highest BCUT2D eigenvalue weighted by atomic mass is 16.5. The lowest BCUT2D eigenvalue weighted by Gasteiger charge is -2.61. The van der Waals surface area contributed by atoms with Crippen LogP contribution in [0.2, 0.25) is 0 Å². The summed E-state index contributed by atoms with van der Waals surface area (Å²) in [5, 5.41) is 36.7. The summed E-state index contributed by atoms with van der Waals surface area (Å²) in [7, 11) is 1.69. The zero-order chi connectivity index (χ0) is 26.0. The molecule has 12 unspecified atom stereocenters. The van der Waals surface area contributed by atoms with Crippen molar-refractivity contribution in [1.82, 2.24) is 0 Å². The number of nitrogens with one attached hydrogen (secondary N) is 1. The van der Waals surface area contributed by atoms with Crippen LogP contribution in [0.1, 0.15) is 64.9 Å². The number of hydrogen-bond acceptors (Lipinski definition) is 5. The molecular formula is C32H45NO4. The minimum absolute atomic E-state index is 0.000107. The van der Waals surface area contributed by atoms with Gasteiger partial charge in [-0.1, -0.05) is 26.0 Å². The maximum absolute atomic E-state index is 12.5. The topological polar surface area (TPSA) is 82.0 Å². The fourth-order valence-electron chi connectivity index (χ4n) is 12.0. The Morgan fingerprint density at radius 1 is 1.14 bits per heavy atom. The lowest BCUT2D eigenvalue weighted by molar-refractivity contribution is -0.187. The van der Waals surface area contributed by atoms with Gasteiger partial charge in [0.2, 0.25) is 0 Å². The molecule has 5 fully saturated rings. The van der Waals surface area contributed by atoms with Gasteiger partial charge < -0.3 is 25.4 Å². The molecule has 0 radical (unpaired) electrons. The second kappa shape index (κ2) is 7.76. The number of aliphatic hydroxyl groups is 3. The molecule has 0 saturated heterocycles. The first-order valence-electron chi connectivity index (χ1n) is 14.8. The molecule has 5 heteroatoms. The molecule has 1 aromatic rings. The first kappa shape index (κ1) is 24.5. The maximum Gasteiger partial charge on any atom is 0.110 e. The Labute approximate surface area is 221 Å². The van der Waals surface area contributed by atoms with Gasteiger partial charge in [0.05, 0.1) is 17.8 Å². The van der Waals surface area contributed by atoms with Crippen LogP contribution in [0.5, 0.6) is 0 Å². The smallest absolute Gasteiger partial charge is 0.110 e. The molecule has 7 rings (SSSR count). The van der Waals surface area contributed by atoms with Crippen LogP contribution < -0.4 is 5.32 Å². The van der Waals surface area contributed by atoms with Crippen molar-refractivity contribution in [3.05, 3.63) is 41.7 Å². The van der Waals surface area contributed by atoms with E-state index in [1.165, 1.54) is 37.7 Å². The first-order valence-corrected chi connectivity index (χ1v) is 14.8. The summed E-state index contributed by atoms with van der Waals surface area (Å²) in [5.41, 5.74) is 1.43. The Bertz CT molecular complexity index is 1130. The largest absolute Gasteiger partial charge is 0.512 e. The molecular weight excluding hydrogens is 462 g/mol. The summed E-state index contributed by atoms with van der Waals surface area (Å²) in [6.07, 6.45) is 9.64. The van der Waals surface area contributed by atoms with Crippen LogP contribution in [0.25, 0.3) is 0 Å². The van der Waals surface area contributed by atoms with Crippen molar-refractivity contribution < 1.29 is 20.1 Å². The van der Waals surface area contributed by atoms with Gasteiger partial charge in [-0.15, -0.1) is 0 Å². The second-order valence-corrected chi connectivity index (χ2v) is 14.3. The highest BCUT2D eigenvalue weighted by Gasteiger charge is 2.87. The third-order valence-corrected chi connectivity index (χ3v) is 13.3. The van der Waals surface area contributed by atoms with Crippen LogP contribution in [-0.4, -0.2) is 46.8 Å². The van der Waals surface area contributed by atoms with Crippen molar-refractivity contribution in [2.75, 3.05) is 19.0 Å². The maximum atomic E-state index is 12.5. The summed E-state index contributed by atoms with van der Waals surface area (Å²) in [6, 6.07) is 8.78. The molecule has 6 aliphatic rings. The van der Waals surface area contributed by atoms with E-state index in [0.717, 1.165) is 30.4 Å². The Morgan fingerprint density at radius 3 is 2.70 bits per heavy atom. The third-order valence-electron chi connectivity index (χ3n) is 13.3. The van der Waals surface area contributed by atoms with E-state index in [2.05, 4.69) is 43.4 Å². The normalized spacial score (nSPS) is 51.5. The van der Waals surface area contributed by atoms with E-state index in [4.69, 9.17) is 4.74 Å². The predicted octanol–water partition coefficient (Wildman–Crippen LogP) is 5.33. The van der Waals surface area contributed by atoms with Gasteiger partial charge >= 0.3 is 0 Å². The Balaban J connectivity index is 1.23. The van der Waals surface area contributed by atoms with Crippen molar-refractivity contribution >= 4 is 5.69 Å². The SMILES string of the molecule is COC1C=C(O)C2C3C4CC5CCC6CC5(CC6Cc5cccc(NCC(C)O)c5)C3(C)C(C)(C4)C12O. The molecule has 0 heterocycles. The van der Waals surface area contributed by atoms with Crippen LogP contribution in [0.3, 0.4) is 0 Å². The van der Waals surface area contributed by atoms with Gasteiger partial charge in [-0.05, 0) is 116 Å². The standard InChI is InChI=1S/C32H45NO4/c1-18(34)17-33-24-7-5-6-19(11-24)10-21-16-31-15-20(21)8-9-23(31)12-22-14-29(2)30(31,3)27(22)28-25(35)13-26(37-4)32(28,29)36/h5-7,11,13,18,20-23,26-28,33-36H,8-10,12,14-17H2,1-4H3. The molecule has 4 N–H and O–H groups in total. The summed E-state index contributed by atoms with van der Waals surface area (Å²) in [6.45, 7) is 7.27. The van der Waals surface area contributed by atoms with Gasteiger partial charge in [-0.2, -0.15) is 0 Å². The number of aliphatic hydroxyl groups excluding tert-OH is 2. The highest BCUT2D eigenvalue weighted by Crippen LogP contribution is 2.88. The van der Waals surface area contributed by atoms with E-state index in [1.54, 1.807) is 7.11 Å². The summed E-state index contributed by atoms with van der Waals surface area (Å²) in [4.78, 5) is 0. The van der Waals surface area contributed by atoms with Gasteiger partial charge in [0.25, 0.3) is 0 Å². The minimum atomic E-state index is -1.01. The Hall–Kier alpha value is -1.56. The van der Waals surface area contributed by atoms with Crippen LogP contribution in [-0.2, 0) is 11.2 Å². The lowest BCUT2D eigenvalue weighted by Crippen LogP contribution is -2.60. The quantitative estimate of drug-likeness (QED) is 0.419. The minimum Gasteiger partial charge on any atom is -0.512 e. The van der Waals surface area contributed by atoms with E-state index in [1.807, 2.05) is 13.0 Å². The molecule has 0 aromatic heterocycles. The molecule has 5 nitrogen and oxygen atoms in total. The molecule has 1 spiro atoms. The molecule has 202 valence electrons. The molecule has 12 atom stereocenters. The van der Waals surface area contributed by atoms with Gasteiger partial charge in [-0.3, -0.25) is 0 Å². The molecule has 5 saturated carbocycles. The van der Waals surface area contributed by atoms with Gasteiger partial charge in [0.15, 0.2) is 0 Å².